The van der Waals surface area contributed by atoms with Crippen LogP contribution < -0.4 is 5.32 Å². The number of rotatable bonds is 2. The van der Waals surface area contributed by atoms with Crippen molar-refractivity contribution in [1.82, 2.24) is 10.2 Å². The Hall–Kier alpha value is -0.0800. The van der Waals surface area contributed by atoms with Crippen LogP contribution in [-0.4, -0.2) is 37.1 Å². The van der Waals surface area contributed by atoms with Gasteiger partial charge in [-0.05, 0) is 50.7 Å². The highest BCUT2D eigenvalue weighted by Gasteiger charge is 2.26. The quantitative estimate of drug-likeness (QED) is 0.752. The molecule has 2 heterocycles. The summed E-state index contributed by atoms with van der Waals surface area (Å²) in [6.45, 7) is 9.96. The van der Waals surface area contributed by atoms with Gasteiger partial charge < -0.3 is 10.2 Å². The van der Waals surface area contributed by atoms with E-state index in [4.69, 9.17) is 0 Å². The van der Waals surface area contributed by atoms with Crippen molar-refractivity contribution in [2.45, 2.75) is 52.0 Å². The molecule has 2 heteroatoms. The molecule has 1 atom stereocenters. The molecule has 0 aliphatic carbocycles. The lowest BCUT2D eigenvalue weighted by molar-refractivity contribution is 0.118. The zero-order valence-corrected chi connectivity index (χ0v) is 10.4. The van der Waals surface area contributed by atoms with Crippen LogP contribution in [-0.2, 0) is 0 Å². The number of likely N-dealkylation sites (tertiary alicyclic amines) is 1. The summed E-state index contributed by atoms with van der Waals surface area (Å²) < 4.78 is 0. The number of nitrogens with zero attached hydrogens (tertiary/aromatic N) is 1. The van der Waals surface area contributed by atoms with Gasteiger partial charge in [0.1, 0.15) is 0 Å². The van der Waals surface area contributed by atoms with E-state index in [1.54, 1.807) is 0 Å². The van der Waals surface area contributed by atoms with Gasteiger partial charge in [-0.1, -0.05) is 20.3 Å². The Morgan fingerprint density at radius 1 is 1.20 bits per heavy atom. The average molecular weight is 210 g/mol. The number of nitrogens with one attached hydrogen (secondary N) is 1. The molecule has 2 aliphatic rings. The van der Waals surface area contributed by atoms with Gasteiger partial charge >= 0.3 is 0 Å². The van der Waals surface area contributed by atoms with Crippen molar-refractivity contribution in [3.63, 3.8) is 0 Å². The van der Waals surface area contributed by atoms with E-state index in [2.05, 4.69) is 24.1 Å². The molecule has 1 N–H and O–H groups in total. The summed E-state index contributed by atoms with van der Waals surface area (Å²) in [5, 5.41) is 3.65. The molecule has 2 nitrogen and oxygen atoms in total. The highest BCUT2D eigenvalue weighted by Crippen LogP contribution is 2.29. The Kier molecular flexibility index (Phi) is 3.68. The predicted octanol–water partition coefficient (Wildman–Crippen LogP) is 2.25. The molecule has 2 aliphatic heterocycles. The van der Waals surface area contributed by atoms with Crippen LogP contribution in [0.3, 0.4) is 0 Å². The standard InChI is InChI=1S/C13H26N2/c1-13(2)6-9-15(10-7-13)11-12-5-3-4-8-14-12/h12,14H,3-11H2,1-2H3. The van der Waals surface area contributed by atoms with Gasteiger partial charge in [0.15, 0.2) is 0 Å². The van der Waals surface area contributed by atoms with Gasteiger partial charge in [0, 0.05) is 12.6 Å². The molecule has 88 valence electrons. The molecular formula is C13H26N2. The third-order valence-corrected chi connectivity index (χ3v) is 4.10. The van der Waals surface area contributed by atoms with E-state index in [1.807, 2.05) is 0 Å². The van der Waals surface area contributed by atoms with Crippen molar-refractivity contribution in [1.29, 1.82) is 0 Å². The first-order chi connectivity index (χ1) is 7.16. The number of hydrogen-bond donors (Lipinski definition) is 1. The maximum absolute atomic E-state index is 3.65. The molecule has 15 heavy (non-hydrogen) atoms. The summed E-state index contributed by atoms with van der Waals surface area (Å²) in [5.41, 5.74) is 0.594. The Balaban J connectivity index is 1.71. The molecule has 2 saturated heterocycles. The monoisotopic (exact) mass is 210 g/mol. The van der Waals surface area contributed by atoms with Crippen molar-refractivity contribution in [2.24, 2.45) is 5.41 Å². The van der Waals surface area contributed by atoms with Crippen LogP contribution in [0.25, 0.3) is 0 Å². The second-order valence-corrected chi connectivity index (χ2v) is 6.11. The van der Waals surface area contributed by atoms with Gasteiger partial charge in [0.25, 0.3) is 0 Å². The molecule has 0 aromatic heterocycles. The zero-order valence-electron chi connectivity index (χ0n) is 10.4. The van der Waals surface area contributed by atoms with Gasteiger partial charge in [-0.3, -0.25) is 0 Å². The van der Waals surface area contributed by atoms with Crippen LogP contribution in [0, 0.1) is 5.41 Å². The first-order valence-electron chi connectivity index (χ1n) is 6.61. The summed E-state index contributed by atoms with van der Waals surface area (Å²) in [5.74, 6) is 0. The van der Waals surface area contributed by atoms with E-state index >= 15 is 0 Å². The molecular weight excluding hydrogens is 184 g/mol. The van der Waals surface area contributed by atoms with Gasteiger partial charge in [0.2, 0.25) is 0 Å². The Labute approximate surface area is 94.4 Å². The summed E-state index contributed by atoms with van der Waals surface area (Å²) in [7, 11) is 0. The molecule has 1 unspecified atom stereocenters. The second kappa shape index (κ2) is 4.84. The van der Waals surface area contributed by atoms with E-state index in [0.717, 1.165) is 6.04 Å². The van der Waals surface area contributed by atoms with Crippen LogP contribution in [0.15, 0.2) is 0 Å². The van der Waals surface area contributed by atoms with Crippen LogP contribution in [0.2, 0.25) is 0 Å². The molecule has 2 fully saturated rings. The molecule has 0 saturated carbocycles. The van der Waals surface area contributed by atoms with Crippen molar-refractivity contribution < 1.29 is 0 Å². The Morgan fingerprint density at radius 3 is 2.53 bits per heavy atom. The Bertz CT molecular complexity index is 185. The number of piperidine rings is 2. The third-order valence-electron chi connectivity index (χ3n) is 4.10. The van der Waals surface area contributed by atoms with Crippen LogP contribution in [0.1, 0.15) is 46.0 Å². The summed E-state index contributed by atoms with van der Waals surface area (Å²) in [6.07, 6.45) is 6.94. The smallest absolute Gasteiger partial charge is 0.0195 e. The molecule has 0 aromatic carbocycles. The SMILES string of the molecule is CC1(C)CCN(CC2CCCCN2)CC1. The topological polar surface area (TPSA) is 15.3 Å². The highest BCUT2D eigenvalue weighted by molar-refractivity contribution is 4.82. The fourth-order valence-electron chi connectivity index (χ4n) is 2.73. The average Bonchev–Trinajstić information content (AvgIpc) is 2.23. The first kappa shape index (κ1) is 11.4. The normalized spacial score (nSPS) is 32.8. The minimum Gasteiger partial charge on any atom is -0.313 e. The van der Waals surface area contributed by atoms with E-state index in [-0.39, 0.29) is 0 Å². The minimum atomic E-state index is 0.594. The third kappa shape index (κ3) is 3.46. The molecule has 0 radical (unpaired) electrons. The van der Waals surface area contributed by atoms with Gasteiger partial charge in [0.05, 0.1) is 0 Å². The molecule has 0 spiro atoms. The summed E-state index contributed by atoms with van der Waals surface area (Å²) in [4.78, 5) is 2.66. The maximum atomic E-state index is 3.65. The fourth-order valence-corrected chi connectivity index (χ4v) is 2.73. The summed E-state index contributed by atoms with van der Waals surface area (Å²) in [6, 6.07) is 0.778. The Morgan fingerprint density at radius 2 is 1.93 bits per heavy atom. The first-order valence-corrected chi connectivity index (χ1v) is 6.61. The van der Waals surface area contributed by atoms with Gasteiger partial charge in [-0.2, -0.15) is 0 Å². The predicted molar refractivity (Wildman–Crippen MR) is 65.1 cm³/mol. The van der Waals surface area contributed by atoms with Gasteiger partial charge in [-0.25, -0.2) is 0 Å². The van der Waals surface area contributed by atoms with Gasteiger partial charge in [-0.15, -0.1) is 0 Å². The fraction of sp³-hybridized carbons (Fsp3) is 1.00. The van der Waals surface area contributed by atoms with E-state index in [0.29, 0.717) is 5.41 Å². The molecule has 0 bridgehead atoms. The lowest BCUT2D eigenvalue weighted by atomic mass is 9.82. The minimum absolute atomic E-state index is 0.594. The molecule has 0 amide bonds. The van der Waals surface area contributed by atoms with Crippen LogP contribution in [0.4, 0.5) is 0 Å². The lowest BCUT2D eigenvalue weighted by Crippen LogP contribution is -2.47. The lowest BCUT2D eigenvalue weighted by Gasteiger charge is -2.39. The van der Waals surface area contributed by atoms with Crippen molar-refractivity contribution >= 4 is 0 Å². The number of hydrogen-bond acceptors (Lipinski definition) is 2. The van der Waals surface area contributed by atoms with Crippen LogP contribution >= 0.6 is 0 Å². The van der Waals surface area contributed by atoms with Crippen molar-refractivity contribution in [2.75, 3.05) is 26.2 Å². The highest BCUT2D eigenvalue weighted by atomic mass is 15.2. The summed E-state index contributed by atoms with van der Waals surface area (Å²) >= 11 is 0. The maximum Gasteiger partial charge on any atom is 0.0195 e. The largest absolute Gasteiger partial charge is 0.313 e. The zero-order chi connectivity index (χ0) is 10.7. The molecule has 0 aromatic rings. The van der Waals surface area contributed by atoms with E-state index in [9.17, 15) is 0 Å². The van der Waals surface area contributed by atoms with E-state index < -0.39 is 0 Å². The van der Waals surface area contributed by atoms with E-state index in [1.165, 1.54) is 58.3 Å². The van der Waals surface area contributed by atoms with Crippen LogP contribution in [0.5, 0.6) is 0 Å². The van der Waals surface area contributed by atoms with Crippen molar-refractivity contribution in [3.8, 4) is 0 Å². The van der Waals surface area contributed by atoms with Crippen molar-refractivity contribution in [3.05, 3.63) is 0 Å². The second-order valence-electron chi connectivity index (χ2n) is 6.11. The molecule has 2 rings (SSSR count).